The number of aliphatic hydroxyl groups is 1. The molecule has 0 bridgehead atoms. The van der Waals surface area contributed by atoms with Crippen LogP contribution in [0.15, 0.2) is 40.3 Å². The molecule has 4 nitrogen and oxygen atoms in total. The summed E-state index contributed by atoms with van der Waals surface area (Å²) in [6, 6.07) is 7.87. The first kappa shape index (κ1) is 14.3. The number of thiophene rings is 1. The number of rotatable bonds is 8. The minimum atomic E-state index is -0.516. The molecular formula is C14H19NO3S. The summed E-state index contributed by atoms with van der Waals surface area (Å²) in [5, 5.41) is 15.0. The lowest BCUT2D eigenvalue weighted by Gasteiger charge is -2.15. The Balaban J connectivity index is 1.60. The average molecular weight is 281 g/mol. The molecule has 2 atom stereocenters. The molecule has 1 unspecified atom stereocenters. The maximum absolute atomic E-state index is 9.81. The number of nitrogens with one attached hydrogen (secondary N) is 1. The molecule has 5 heteroatoms. The molecule has 0 radical (unpaired) electrons. The predicted octanol–water partition coefficient (Wildman–Crippen LogP) is 2.57. The molecule has 104 valence electrons. The molecule has 0 aliphatic carbocycles. The van der Waals surface area contributed by atoms with E-state index < -0.39 is 6.10 Å². The van der Waals surface area contributed by atoms with Gasteiger partial charge in [-0.05, 0) is 30.5 Å². The van der Waals surface area contributed by atoms with Gasteiger partial charge in [0, 0.05) is 11.4 Å². The zero-order valence-corrected chi connectivity index (χ0v) is 11.7. The minimum Gasteiger partial charge on any atom is -0.468 e. The average Bonchev–Trinajstić information content (AvgIpc) is 3.08. The highest BCUT2D eigenvalue weighted by atomic mass is 32.1. The Bertz CT molecular complexity index is 441. The van der Waals surface area contributed by atoms with E-state index in [4.69, 9.17) is 9.15 Å². The van der Waals surface area contributed by atoms with E-state index in [1.165, 1.54) is 4.88 Å². The zero-order chi connectivity index (χ0) is 13.5. The van der Waals surface area contributed by atoms with E-state index in [9.17, 15) is 5.11 Å². The summed E-state index contributed by atoms with van der Waals surface area (Å²) in [6.45, 7) is 3.36. The van der Waals surface area contributed by atoms with Crippen molar-refractivity contribution in [3.8, 4) is 0 Å². The molecule has 2 aromatic rings. The smallest absolute Gasteiger partial charge is 0.120 e. The second-order valence-corrected chi connectivity index (χ2v) is 5.43. The van der Waals surface area contributed by atoms with Crippen LogP contribution in [-0.4, -0.2) is 24.4 Å². The fourth-order valence-electron chi connectivity index (χ4n) is 1.70. The first-order valence-electron chi connectivity index (χ1n) is 6.30. The zero-order valence-electron chi connectivity index (χ0n) is 10.9. The summed E-state index contributed by atoms with van der Waals surface area (Å²) in [5.41, 5.74) is 0. The van der Waals surface area contributed by atoms with Crippen molar-refractivity contribution in [2.24, 2.45) is 0 Å². The van der Waals surface area contributed by atoms with E-state index in [-0.39, 0.29) is 6.04 Å². The monoisotopic (exact) mass is 281 g/mol. The summed E-state index contributed by atoms with van der Waals surface area (Å²) >= 11 is 1.66. The van der Waals surface area contributed by atoms with Crippen molar-refractivity contribution in [1.82, 2.24) is 5.32 Å². The third-order valence-electron chi connectivity index (χ3n) is 2.76. The lowest BCUT2D eigenvalue weighted by Crippen LogP contribution is -2.31. The van der Waals surface area contributed by atoms with Crippen LogP contribution >= 0.6 is 11.3 Å². The van der Waals surface area contributed by atoms with Crippen LogP contribution < -0.4 is 5.32 Å². The quantitative estimate of drug-likeness (QED) is 0.781. The summed E-state index contributed by atoms with van der Waals surface area (Å²) in [4.78, 5) is 1.17. The van der Waals surface area contributed by atoms with Crippen molar-refractivity contribution in [2.75, 3.05) is 13.2 Å². The van der Waals surface area contributed by atoms with Crippen molar-refractivity contribution in [1.29, 1.82) is 0 Å². The van der Waals surface area contributed by atoms with Crippen LogP contribution in [0, 0.1) is 0 Å². The van der Waals surface area contributed by atoms with Gasteiger partial charge in [-0.1, -0.05) is 6.07 Å². The van der Waals surface area contributed by atoms with Gasteiger partial charge >= 0.3 is 0 Å². The maximum Gasteiger partial charge on any atom is 0.120 e. The summed E-state index contributed by atoms with van der Waals surface area (Å²) < 4.78 is 10.7. The Morgan fingerprint density at radius 3 is 3.00 bits per heavy atom. The van der Waals surface area contributed by atoms with Crippen LogP contribution in [0.4, 0.5) is 0 Å². The van der Waals surface area contributed by atoms with Crippen LogP contribution in [0.25, 0.3) is 0 Å². The number of ether oxygens (including phenoxy) is 1. The molecule has 2 aromatic heterocycles. The molecule has 2 heterocycles. The standard InChI is InChI=1S/C14H19NO3S/c1-11(14-5-2-6-18-14)15-8-12(16)9-17-10-13-4-3-7-19-13/h2-7,11-12,15-16H,8-10H2,1H3/t11-,12?/m1/s1. The highest BCUT2D eigenvalue weighted by Gasteiger charge is 2.10. The number of aliphatic hydroxyl groups excluding tert-OH is 1. The second kappa shape index (κ2) is 7.45. The van der Waals surface area contributed by atoms with E-state index in [0.717, 1.165) is 5.76 Å². The highest BCUT2D eigenvalue weighted by molar-refractivity contribution is 7.09. The molecule has 0 fully saturated rings. The van der Waals surface area contributed by atoms with Crippen LogP contribution in [-0.2, 0) is 11.3 Å². The Morgan fingerprint density at radius 1 is 1.42 bits per heavy atom. The van der Waals surface area contributed by atoms with Gasteiger partial charge in [0.2, 0.25) is 0 Å². The van der Waals surface area contributed by atoms with Crippen LogP contribution in [0.5, 0.6) is 0 Å². The molecule has 2 N–H and O–H groups in total. The molecule has 0 spiro atoms. The predicted molar refractivity (Wildman–Crippen MR) is 75.1 cm³/mol. The van der Waals surface area contributed by atoms with Crippen molar-refractivity contribution >= 4 is 11.3 Å². The van der Waals surface area contributed by atoms with Gasteiger partial charge < -0.3 is 19.6 Å². The number of furan rings is 1. The van der Waals surface area contributed by atoms with Crippen molar-refractivity contribution in [3.05, 3.63) is 46.5 Å². The molecule has 0 aliphatic heterocycles. The van der Waals surface area contributed by atoms with E-state index in [0.29, 0.717) is 19.8 Å². The van der Waals surface area contributed by atoms with Gasteiger partial charge in [-0.2, -0.15) is 0 Å². The van der Waals surface area contributed by atoms with Gasteiger partial charge in [-0.25, -0.2) is 0 Å². The van der Waals surface area contributed by atoms with E-state index in [1.807, 2.05) is 36.6 Å². The number of hydrogen-bond donors (Lipinski definition) is 2. The van der Waals surface area contributed by atoms with E-state index in [1.54, 1.807) is 17.6 Å². The van der Waals surface area contributed by atoms with Gasteiger partial charge in [-0.3, -0.25) is 0 Å². The Kier molecular flexibility index (Phi) is 5.60. The van der Waals surface area contributed by atoms with Crippen molar-refractivity contribution in [3.63, 3.8) is 0 Å². The van der Waals surface area contributed by atoms with Gasteiger partial charge in [0.1, 0.15) is 5.76 Å². The summed E-state index contributed by atoms with van der Waals surface area (Å²) in [5.74, 6) is 0.867. The molecule has 0 aromatic carbocycles. The molecule has 0 saturated carbocycles. The topological polar surface area (TPSA) is 54.6 Å². The normalized spacial score (nSPS) is 14.4. The summed E-state index contributed by atoms with van der Waals surface area (Å²) in [7, 11) is 0. The van der Waals surface area contributed by atoms with Gasteiger partial charge in [0.25, 0.3) is 0 Å². The number of hydrogen-bond acceptors (Lipinski definition) is 5. The summed E-state index contributed by atoms with van der Waals surface area (Å²) in [6.07, 6.45) is 1.13. The van der Waals surface area contributed by atoms with Crippen LogP contribution in [0.3, 0.4) is 0 Å². The van der Waals surface area contributed by atoms with E-state index >= 15 is 0 Å². The fourth-order valence-corrected chi connectivity index (χ4v) is 2.34. The third-order valence-corrected chi connectivity index (χ3v) is 3.61. The molecule has 0 saturated heterocycles. The SMILES string of the molecule is C[C@@H](NCC(O)COCc1cccs1)c1ccco1. The first-order valence-corrected chi connectivity index (χ1v) is 7.18. The second-order valence-electron chi connectivity index (χ2n) is 4.39. The Hall–Kier alpha value is -1.14. The van der Waals surface area contributed by atoms with Crippen molar-refractivity contribution in [2.45, 2.75) is 25.7 Å². The Morgan fingerprint density at radius 2 is 2.32 bits per heavy atom. The van der Waals surface area contributed by atoms with Crippen molar-refractivity contribution < 1.29 is 14.3 Å². The molecule has 0 amide bonds. The molecule has 19 heavy (non-hydrogen) atoms. The molecule has 0 aliphatic rings. The first-order chi connectivity index (χ1) is 9.25. The maximum atomic E-state index is 9.81. The highest BCUT2D eigenvalue weighted by Crippen LogP contribution is 2.12. The fraction of sp³-hybridized carbons (Fsp3) is 0.429. The molecular weight excluding hydrogens is 262 g/mol. The van der Waals surface area contributed by atoms with Crippen LogP contribution in [0.2, 0.25) is 0 Å². The largest absolute Gasteiger partial charge is 0.468 e. The van der Waals surface area contributed by atoms with Gasteiger partial charge in [-0.15, -0.1) is 11.3 Å². The minimum absolute atomic E-state index is 0.0851. The van der Waals surface area contributed by atoms with Gasteiger partial charge in [0.05, 0.1) is 31.6 Å². The third kappa shape index (κ3) is 4.80. The Labute approximate surface area is 117 Å². The van der Waals surface area contributed by atoms with Gasteiger partial charge in [0.15, 0.2) is 0 Å². The lowest BCUT2D eigenvalue weighted by molar-refractivity contribution is 0.0285. The lowest BCUT2D eigenvalue weighted by atomic mass is 10.2. The van der Waals surface area contributed by atoms with E-state index in [2.05, 4.69) is 5.32 Å². The molecule has 2 rings (SSSR count). The van der Waals surface area contributed by atoms with Crippen LogP contribution in [0.1, 0.15) is 23.6 Å².